The van der Waals surface area contributed by atoms with Crippen molar-refractivity contribution in [3.8, 4) is 0 Å². The molecule has 4 nitrogen and oxygen atoms in total. The van der Waals surface area contributed by atoms with E-state index in [1.807, 2.05) is 29.2 Å². The van der Waals surface area contributed by atoms with Crippen molar-refractivity contribution in [2.45, 2.75) is 31.5 Å². The van der Waals surface area contributed by atoms with E-state index in [2.05, 4.69) is 9.80 Å². The van der Waals surface area contributed by atoms with Crippen LogP contribution in [0.2, 0.25) is 5.02 Å². The lowest BCUT2D eigenvalue weighted by Gasteiger charge is -2.50. The molecule has 0 radical (unpaired) electrons. The van der Waals surface area contributed by atoms with Gasteiger partial charge in [-0.15, -0.1) is 0 Å². The number of nitrogens with zero attached hydrogens (tertiary/aromatic N) is 3. The Bertz CT molecular complexity index is 1020. The second kappa shape index (κ2) is 8.18. The topological polar surface area (TPSA) is 26.8 Å². The first-order valence-corrected chi connectivity index (χ1v) is 11.5. The van der Waals surface area contributed by atoms with Crippen LogP contribution in [0.3, 0.4) is 0 Å². The van der Waals surface area contributed by atoms with Crippen LogP contribution >= 0.6 is 11.6 Å². The van der Waals surface area contributed by atoms with Crippen molar-refractivity contribution < 1.29 is 18.0 Å². The number of likely N-dealkylation sites (tertiary alicyclic amines) is 1. The largest absolute Gasteiger partial charge is 0.416 e. The Balaban J connectivity index is 1.51. The number of halogens is 4. The van der Waals surface area contributed by atoms with Gasteiger partial charge in [-0.25, -0.2) is 0 Å². The van der Waals surface area contributed by atoms with E-state index in [-0.39, 0.29) is 17.9 Å². The quantitative estimate of drug-likeness (QED) is 0.637. The predicted octanol–water partition coefficient (Wildman–Crippen LogP) is 4.85. The van der Waals surface area contributed by atoms with Crippen molar-refractivity contribution in [1.82, 2.24) is 4.90 Å². The fraction of sp³-hybridized carbons (Fsp3) is 0.458. The number of carbonyl (C=O) groups excluding carboxylic acids is 1. The van der Waals surface area contributed by atoms with E-state index >= 15 is 0 Å². The Kier molecular flexibility index (Phi) is 5.48. The molecule has 0 spiro atoms. The minimum atomic E-state index is -4.40. The highest BCUT2D eigenvalue weighted by Gasteiger charge is 2.44. The first-order valence-electron chi connectivity index (χ1n) is 11.1. The molecule has 2 saturated heterocycles. The number of amides is 1. The minimum Gasteiger partial charge on any atom is -0.366 e. The number of para-hydroxylation sites is 1. The molecule has 32 heavy (non-hydrogen) atoms. The Morgan fingerprint density at radius 2 is 1.72 bits per heavy atom. The summed E-state index contributed by atoms with van der Waals surface area (Å²) in [5.41, 5.74) is 1.70. The number of hydrogen-bond donors (Lipinski definition) is 0. The van der Waals surface area contributed by atoms with Crippen LogP contribution in [0.5, 0.6) is 0 Å². The average molecular weight is 464 g/mol. The highest BCUT2D eigenvalue weighted by Crippen LogP contribution is 2.41. The number of alkyl halides is 3. The predicted molar refractivity (Wildman–Crippen MR) is 119 cm³/mol. The fourth-order valence-electron chi connectivity index (χ4n) is 5.38. The lowest BCUT2D eigenvalue weighted by Crippen LogP contribution is -2.61. The van der Waals surface area contributed by atoms with Gasteiger partial charge in [0.05, 0.1) is 28.2 Å². The van der Waals surface area contributed by atoms with E-state index in [0.29, 0.717) is 36.6 Å². The summed E-state index contributed by atoms with van der Waals surface area (Å²) in [5, 5.41) is 0.661. The zero-order chi connectivity index (χ0) is 22.5. The maximum atomic E-state index is 13.5. The summed E-state index contributed by atoms with van der Waals surface area (Å²) in [6, 6.07) is 11.5. The molecule has 0 bridgehead atoms. The van der Waals surface area contributed by atoms with E-state index in [9.17, 15) is 18.0 Å². The molecule has 170 valence electrons. The normalized spacial score (nSPS) is 23.2. The molecule has 1 amide bonds. The lowest BCUT2D eigenvalue weighted by molar-refractivity contribution is -0.137. The zero-order valence-electron chi connectivity index (χ0n) is 17.6. The molecule has 0 aliphatic carbocycles. The van der Waals surface area contributed by atoms with Gasteiger partial charge in [-0.2, -0.15) is 13.2 Å². The van der Waals surface area contributed by atoms with Crippen molar-refractivity contribution in [3.63, 3.8) is 0 Å². The highest BCUT2D eigenvalue weighted by molar-refractivity contribution is 6.33. The second-order valence-electron chi connectivity index (χ2n) is 8.84. The zero-order valence-corrected chi connectivity index (χ0v) is 18.4. The molecular formula is C24H25ClF3N3O. The molecule has 0 N–H and O–H groups in total. The lowest BCUT2D eigenvalue weighted by atomic mass is 9.82. The molecule has 0 aromatic heterocycles. The van der Waals surface area contributed by atoms with Crippen molar-refractivity contribution in [2.75, 3.05) is 42.5 Å². The van der Waals surface area contributed by atoms with Gasteiger partial charge in [-0.05, 0) is 55.2 Å². The molecule has 2 aromatic carbocycles. The molecule has 2 aromatic rings. The molecule has 3 aliphatic rings. The van der Waals surface area contributed by atoms with Crippen LogP contribution in [0, 0.1) is 5.92 Å². The Morgan fingerprint density at radius 3 is 2.44 bits per heavy atom. The molecule has 0 unspecified atom stereocenters. The Labute approximate surface area is 190 Å². The van der Waals surface area contributed by atoms with E-state index < -0.39 is 11.7 Å². The fourth-order valence-corrected chi connectivity index (χ4v) is 5.64. The van der Waals surface area contributed by atoms with E-state index in [1.54, 1.807) is 6.07 Å². The number of anilines is 2. The Hall–Kier alpha value is -2.41. The van der Waals surface area contributed by atoms with Gasteiger partial charge in [-0.1, -0.05) is 23.7 Å². The van der Waals surface area contributed by atoms with Gasteiger partial charge >= 0.3 is 6.18 Å². The van der Waals surface area contributed by atoms with Crippen LogP contribution in [0.15, 0.2) is 42.5 Å². The number of piperazine rings is 1. The van der Waals surface area contributed by atoms with Crippen LogP contribution in [-0.2, 0) is 17.4 Å². The summed E-state index contributed by atoms with van der Waals surface area (Å²) in [6.45, 7) is 3.37. The molecule has 3 aliphatic heterocycles. The van der Waals surface area contributed by atoms with Gasteiger partial charge in [0.15, 0.2) is 0 Å². The number of fused-ring (bicyclic) bond motifs is 3. The summed E-state index contributed by atoms with van der Waals surface area (Å²) in [5.74, 6) is -0.323. The highest BCUT2D eigenvalue weighted by atomic mass is 35.5. The Morgan fingerprint density at radius 1 is 0.969 bits per heavy atom. The van der Waals surface area contributed by atoms with E-state index in [4.69, 9.17) is 11.6 Å². The van der Waals surface area contributed by atoms with Crippen molar-refractivity contribution in [3.05, 3.63) is 58.6 Å². The maximum absolute atomic E-state index is 13.5. The molecule has 2 fully saturated rings. The van der Waals surface area contributed by atoms with Crippen molar-refractivity contribution in [2.24, 2.45) is 5.92 Å². The summed E-state index contributed by atoms with van der Waals surface area (Å²) in [4.78, 5) is 19.7. The van der Waals surface area contributed by atoms with Crippen molar-refractivity contribution >= 4 is 28.9 Å². The van der Waals surface area contributed by atoms with Gasteiger partial charge in [0.25, 0.3) is 0 Å². The van der Waals surface area contributed by atoms with Crippen LogP contribution in [-0.4, -0.2) is 49.6 Å². The van der Waals surface area contributed by atoms with Crippen LogP contribution in [0.25, 0.3) is 0 Å². The van der Waals surface area contributed by atoms with Gasteiger partial charge < -0.3 is 14.7 Å². The van der Waals surface area contributed by atoms with Gasteiger partial charge in [0, 0.05) is 38.4 Å². The standard InChI is InChI=1S/C24H25ClF3N3O/c25-19-5-1-2-6-21(19)30-11-12-31-20-8-7-17(24(26,27)28)13-16(20)14-18(22(31)15-30)23(32)29-9-3-4-10-29/h1-2,5-8,13,18,22H,3-4,9-12,14-15H2/t18-,22+/m1/s1. The number of benzene rings is 2. The summed E-state index contributed by atoms with van der Waals surface area (Å²) in [7, 11) is 0. The third-order valence-corrected chi connectivity index (χ3v) is 7.29. The molecule has 0 saturated carbocycles. The van der Waals surface area contributed by atoms with Gasteiger partial charge in [0.1, 0.15) is 0 Å². The maximum Gasteiger partial charge on any atom is 0.416 e. The molecule has 8 heteroatoms. The van der Waals surface area contributed by atoms with Crippen LogP contribution in [0.4, 0.5) is 24.5 Å². The summed E-state index contributed by atoms with van der Waals surface area (Å²) in [6.07, 6.45) is -2.12. The molecule has 3 heterocycles. The molecular weight excluding hydrogens is 439 g/mol. The van der Waals surface area contributed by atoms with E-state index in [0.717, 1.165) is 43.4 Å². The average Bonchev–Trinajstić information content (AvgIpc) is 3.32. The minimum absolute atomic E-state index is 0.0570. The summed E-state index contributed by atoms with van der Waals surface area (Å²) >= 11 is 6.44. The first-order chi connectivity index (χ1) is 15.3. The number of rotatable bonds is 2. The summed E-state index contributed by atoms with van der Waals surface area (Å²) < 4.78 is 40.1. The van der Waals surface area contributed by atoms with Crippen LogP contribution < -0.4 is 9.80 Å². The third kappa shape index (κ3) is 3.81. The smallest absolute Gasteiger partial charge is 0.366 e. The molecule has 5 rings (SSSR count). The number of carbonyl (C=O) groups is 1. The van der Waals surface area contributed by atoms with Gasteiger partial charge in [0.2, 0.25) is 5.91 Å². The van der Waals surface area contributed by atoms with Crippen molar-refractivity contribution in [1.29, 1.82) is 0 Å². The van der Waals surface area contributed by atoms with Crippen LogP contribution in [0.1, 0.15) is 24.0 Å². The first kappa shape index (κ1) is 21.4. The second-order valence-corrected chi connectivity index (χ2v) is 9.25. The third-order valence-electron chi connectivity index (χ3n) is 6.97. The number of hydrogen-bond acceptors (Lipinski definition) is 3. The molecule has 2 atom stereocenters. The monoisotopic (exact) mass is 463 g/mol. The van der Waals surface area contributed by atoms with E-state index in [1.165, 1.54) is 6.07 Å². The van der Waals surface area contributed by atoms with Gasteiger partial charge in [-0.3, -0.25) is 4.79 Å². The SMILES string of the molecule is O=C([C@@H]1Cc2cc(C(F)(F)F)ccc2N2CCN(c3ccccc3Cl)C[C@@H]12)N1CCCC1.